The van der Waals surface area contributed by atoms with Crippen LogP contribution in [0.15, 0.2) is 0 Å². The van der Waals surface area contributed by atoms with Gasteiger partial charge >= 0.3 is 0 Å². The van der Waals surface area contributed by atoms with E-state index in [1.807, 2.05) is 0 Å². The first kappa shape index (κ1) is 22.2. The van der Waals surface area contributed by atoms with Crippen molar-refractivity contribution in [3.63, 3.8) is 0 Å². The Balaban J connectivity index is 2.69. The quantitative estimate of drug-likeness (QED) is 0.372. The maximum Gasteiger partial charge on any atom is 0.200 e. The van der Waals surface area contributed by atoms with Crippen LogP contribution in [0.3, 0.4) is 0 Å². The third-order valence-electron chi connectivity index (χ3n) is 6.80. The minimum Gasteiger partial charge on any atom is -0.416 e. The van der Waals surface area contributed by atoms with Crippen LogP contribution < -0.4 is 0 Å². The van der Waals surface area contributed by atoms with Crippen molar-refractivity contribution in [2.24, 2.45) is 5.92 Å². The van der Waals surface area contributed by atoms with Crippen LogP contribution >= 0.6 is 0 Å². The Morgan fingerprint density at radius 1 is 0.958 bits per heavy atom. The first-order chi connectivity index (χ1) is 11.2. The van der Waals surface area contributed by atoms with E-state index in [2.05, 4.69) is 67.2 Å². The van der Waals surface area contributed by atoms with Crippen molar-refractivity contribution < 1.29 is 4.43 Å². The first-order valence-corrected chi connectivity index (χ1v) is 12.8. The lowest BCUT2D eigenvalue weighted by Crippen LogP contribution is -2.48. The Labute approximate surface area is 153 Å². The van der Waals surface area contributed by atoms with Crippen molar-refractivity contribution in [1.82, 2.24) is 4.90 Å². The second-order valence-corrected chi connectivity index (χ2v) is 14.3. The fourth-order valence-electron chi connectivity index (χ4n) is 5.75. The van der Waals surface area contributed by atoms with Crippen LogP contribution in [-0.2, 0) is 4.43 Å². The van der Waals surface area contributed by atoms with Gasteiger partial charge in [0.05, 0.1) is 0 Å². The maximum atomic E-state index is 6.80. The van der Waals surface area contributed by atoms with Gasteiger partial charge in [0.1, 0.15) is 0 Å². The highest BCUT2D eigenvalue weighted by Gasteiger charge is 2.55. The topological polar surface area (TPSA) is 12.5 Å². The van der Waals surface area contributed by atoms with Crippen LogP contribution in [-0.4, -0.2) is 38.5 Å². The van der Waals surface area contributed by atoms with Gasteiger partial charge in [0, 0.05) is 12.1 Å². The molecule has 0 amide bonds. The molecule has 0 radical (unpaired) electrons. The summed E-state index contributed by atoms with van der Waals surface area (Å²) in [6, 6.07) is 0. The second-order valence-electron chi connectivity index (χ2n) is 8.88. The SMILES string of the molecule is CCC[C@]1(N(CC)CC)CC1CCO[Si](C(C)C)(C(C)C)C(C)C. The van der Waals surface area contributed by atoms with Crippen molar-refractivity contribution in [3.05, 3.63) is 0 Å². The molecular weight excluding hydrogens is 310 g/mol. The smallest absolute Gasteiger partial charge is 0.200 e. The molecule has 0 saturated heterocycles. The van der Waals surface area contributed by atoms with E-state index in [0.29, 0.717) is 22.2 Å². The van der Waals surface area contributed by atoms with Crippen molar-refractivity contribution >= 4 is 8.32 Å². The zero-order valence-corrected chi connectivity index (χ0v) is 19.1. The average Bonchev–Trinajstić information content (AvgIpc) is 3.17. The van der Waals surface area contributed by atoms with Crippen LogP contribution in [0.25, 0.3) is 0 Å². The Morgan fingerprint density at radius 3 is 1.83 bits per heavy atom. The van der Waals surface area contributed by atoms with Gasteiger partial charge in [-0.2, -0.15) is 0 Å². The third-order valence-corrected chi connectivity index (χ3v) is 12.9. The van der Waals surface area contributed by atoms with E-state index in [1.54, 1.807) is 0 Å². The van der Waals surface area contributed by atoms with Crippen molar-refractivity contribution in [2.45, 2.75) is 110 Å². The number of hydrogen-bond donors (Lipinski definition) is 0. The molecule has 2 nitrogen and oxygen atoms in total. The molecule has 144 valence electrons. The van der Waals surface area contributed by atoms with E-state index in [4.69, 9.17) is 4.43 Å². The van der Waals surface area contributed by atoms with E-state index in [0.717, 1.165) is 12.5 Å². The monoisotopic (exact) mass is 355 g/mol. The van der Waals surface area contributed by atoms with Crippen LogP contribution in [0.2, 0.25) is 16.6 Å². The number of rotatable bonds is 12. The van der Waals surface area contributed by atoms with Gasteiger partial charge in [0.2, 0.25) is 0 Å². The molecule has 1 aliphatic carbocycles. The molecule has 1 aliphatic rings. The van der Waals surface area contributed by atoms with Crippen LogP contribution in [0.4, 0.5) is 0 Å². The van der Waals surface area contributed by atoms with Crippen molar-refractivity contribution in [2.75, 3.05) is 19.7 Å². The highest BCUT2D eigenvalue weighted by atomic mass is 28.4. The highest BCUT2D eigenvalue weighted by Crippen LogP contribution is 2.54. The van der Waals surface area contributed by atoms with Gasteiger partial charge in [-0.3, -0.25) is 4.90 Å². The Morgan fingerprint density at radius 2 is 1.46 bits per heavy atom. The van der Waals surface area contributed by atoms with E-state index in [1.165, 1.54) is 38.8 Å². The lowest BCUT2D eigenvalue weighted by atomic mass is 10.0. The predicted molar refractivity (Wildman–Crippen MR) is 110 cm³/mol. The minimum atomic E-state index is -1.69. The van der Waals surface area contributed by atoms with Gasteiger partial charge in [-0.05, 0) is 54.9 Å². The van der Waals surface area contributed by atoms with Crippen molar-refractivity contribution in [1.29, 1.82) is 0 Å². The molecule has 1 rings (SSSR count). The second kappa shape index (κ2) is 9.18. The number of hydrogen-bond acceptors (Lipinski definition) is 2. The molecule has 3 heteroatoms. The zero-order chi connectivity index (χ0) is 18.5. The Kier molecular flexibility index (Phi) is 8.49. The summed E-state index contributed by atoms with van der Waals surface area (Å²) in [4.78, 5) is 2.72. The molecule has 1 saturated carbocycles. The molecule has 1 unspecified atom stereocenters. The summed E-state index contributed by atoms with van der Waals surface area (Å²) in [5.41, 5.74) is 2.58. The third kappa shape index (κ3) is 4.27. The molecule has 0 N–H and O–H groups in total. The maximum absolute atomic E-state index is 6.80. The summed E-state index contributed by atoms with van der Waals surface area (Å²) in [5, 5.41) is 0. The summed E-state index contributed by atoms with van der Waals surface area (Å²) in [7, 11) is -1.69. The summed E-state index contributed by atoms with van der Waals surface area (Å²) in [6.45, 7) is 24.7. The molecule has 0 aromatic carbocycles. The standard InChI is InChI=1S/C21H45NOSi/c1-10-14-21(22(11-2)12-3)16-20(21)13-15-23-24(17(4)5,18(6)7)19(8)9/h17-20H,10-16H2,1-9H3/t20?,21-/m0/s1. The van der Waals surface area contributed by atoms with Gasteiger partial charge in [0.25, 0.3) is 0 Å². The lowest BCUT2D eigenvalue weighted by Gasteiger charge is -2.42. The fraction of sp³-hybridized carbons (Fsp3) is 1.00. The molecule has 0 heterocycles. The predicted octanol–water partition coefficient (Wildman–Crippen LogP) is 6.47. The van der Waals surface area contributed by atoms with Gasteiger partial charge in [-0.15, -0.1) is 0 Å². The normalized spacial score (nSPS) is 24.6. The molecular formula is C21H45NOSi. The summed E-state index contributed by atoms with van der Waals surface area (Å²) in [6.07, 6.45) is 5.32. The molecule has 0 bridgehead atoms. The summed E-state index contributed by atoms with van der Waals surface area (Å²) >= 11 is 0. The van der Waals surface area contributed by atoms with Crippen LogP contribution in [0.1, 0.15) is 88.0 Å². The molecule has 0 aromatic rings. The van der Waals surface area contributed by atoms with E-state index >= 15 is 0 Å². The van der Waals surface area contributed by atoms with Crippen LogP contribution in [0.5, 0.6) is 0 Å². The molecule has 0 aliphatic heterocycles. The Bertz CT molecular complexity index is 343. The van der Waals surface area contributed by atoms with Crippen molar-refractivity contribution in [3.8, 4) is 0 Å². The lowest BCUT2D eigenvalue weighted by molar-refractivity contribution is 0.158. The first-order valence-electron chi connectivity index (χ1n) is 10.6. The molecule has 1 fully saturated rings. The highest BCUT2D eigenvalue weighted by molar-refractivity contribution is 6.77. The van der Waals surface area contributed by atoms with E-state index in [9.17, 15) is 0 Å². The zero-order valence-electron chi connectivity index (χ0n) is 18.1. The molecule has 0 aromatic heterocycles. The van der Waals surface area contributed by atoms with Gasteiger partial charge in [0.15, 0.2) is 8.32 Å². The fourth-order valence-corrected chi connectivity index (χ4v) is 11.2. The summed E-state index contributed by atoms with van der Waals surface area (Å²) in [5.74, 6) is 0.857. The number of nitrogens with zero attached hydrogens (tertiary/aromatic N) is 1. The van der Waals surface area contributed by atoms with E-state index in [-0.39, 0.29) is 0 Å². The average molecular weight is 356 g/mol. The van der Waals surface area contributed by atoms with Gasteiger partial charge in [-0.25, -0.2) is 0 Å². The summed E-state index contributed by atoms with van der Waals surface area (Å²) < 4.78 is 6.80. The minimum absolute atomic E-state index is 0.499. The largest absolute Gasteiger partial charge is 0.416 e. The van der Waals surface area contributed by atoms with Crippen LogP contribution in [0, 0.1) is 5.92 Å². The molecule has 24 heavy (non-hydrogen) atoms. The van der Waals surface area contributed by atoms with Gasteiger partial charge in [-0.1, -0.05) is 68.7 Å². The molecule has 0 spiro atoms. The van der Waals surface area contributed by atoms with E-state index < -0.39 is 8.32 Å². The van der Waals surface area contributed by atoms with Gasteiger partial charge < -0.3 is 4.43 Å². The molecule has 2 atom stereocenters. The Hall–Kier alpha value is 0.137.